The number of nitrogens with zero attached hydrogens (tertiary/aromatic N) is 2. The van der Waals surface area contributed by atoms with Gasteiger partial charge < -0.3 is 10.2 Å². The average Bonchev–Trinajstić information content (AvgIpc) is 2.90. The number of pyridine rings is 2. The van der Waals surface area contributed by atoms with Crippen molar-refractivity contribution in [2.24, 2.45) is 0 Å². The summed E-state index contributed by atoms with van der Waals surface area (Å²) in [5.74, 6) is 0. The molecular weight excluding hydrogens is 568 g/mol. The monoisotopic (exact) mass is 603 g/mol. The van der Waals surface area contributed by atoms with E-state index >= 15 is 0 Å². The van der Waals surface area contributed by atoms with Crippen molar-refractivity contribution in [2.45, 2.75) is 40.0 Å². The molecule has 0 radical (unpaired) electrons. The van der Waals surface area contributed by atoms with E-state index in [1.165, 1.54) is 11.1 Å². The van der Waals surface area contributed by atoms with Crippen molar-refractivity contribution in [3.63, 3.8) is 0 Å². The average molecular weight is 605 g/mol. The van der Waals surface area contributed by atoms with E-state index in [4.69, 9.17) is 10.2 Å². The largest absolute Gasteiger partial charge is 0.392 e. The van der Waals surface area contributed by atoms with Gasteiger partial charge in [-0.05, 0) is 35.2 Å². The first-order valence-electron chi connectivity index (χ1n) is 11.0. The molecule has 0 amide bonds. The highest BCUT2D eigenvalue weighted by molar-refractivity contribution is 9.09. The van der Waals surface area contributed by atoms with Crippen molar-refractivity contribution in [3.8, 4) is 0 Å². The molecular formula is C29H37Br2N2O2+. The predicted octanol–water partition coefficient (Wildman–Crippen LogP) is 6.12. The molecule has 4 nitrogen and oxygen atoms in total. The Morgan fingerprint density at radius 3 is 1.71 bits per heavy atom. The second-order valence-electron chi connectivity index (χ2n) is 7.29. The fourth-order valence-electron chi connectivity index (χ4n) is 2.96. The standard InChI is InChI=1S/C14H16NO.C8H9Br.C6H7NO.CH4.BrH/c16-12-14-7-4-9-15(11-14)10-8-13-5-2-1-3-6-13;9-7-6-8-4-2-1-3-5-8;8-5-6-2-1-3-7-4-6;;/h1-7,9,11,16H,8,10,12H2;1-5H,6-7H2;1-4,8H,5H2;1H4;1H/q+1;;;;. The minimum Gasteiger partial charge on any atom is -0.392 e. The number of aryl methyl sites for hydroxylation is 3. The zero-order valence-electron chi connectivity index (χ0n) is 19.2. The number of aliphatic hydroxyl groups is 2. The molecule has 0 unspecified atom stereocenters. The first-order chi connectivity index (χ1) is 16.2. The molecule has 2 aromatic carbocycles. The highest BCUT2D eigenvalue weighted by Gasteiger charge is 2.02. The number of rotatable bonds is 7. The van der Waals surface area contributed by atoms with Crippen LogP contribution in [-0.4, -0.2) is 20.5 Å². The number of hydrogen-bond acceptors (Lipinski definition) is 3. The third-order valence-electron chi connectivity index (χ3n) is 4.73. The smallest absolute Gasteiger partial charge is 0.174 e. The normalized spacial score (nSPS) is 9.23. The Morgan fingerprint density at radius 1 is 0.686 bits per heavy atom. The van der Waals surface area contributed by atoms with Gasteiger partial charge in [0, 0.05) is 35.8 Å². The van der Waals surface area contributed by atoms with Crippen LogP contribution in [-0.2, 0) is 32.6 Å². The fraction of sp³-hybridized carbons (Fsp3) is 0.241. The summed E-state index contributed by atoms with van der Waals surface area (Å²) in [5, 5.41) is 18.6. The molecule has 0 saturated carbocycles. The second kappa shape index (κ2) is 20.9. The van der Waals surface area contributed by atoms with Gasteiger partial charge >= 0.3 is 0 Å². The number of aromatic nitrogens is 2. The van der Waals surface area contributed by atoms with Gasteiger partial charge in [-0.3, -0.25) is 4.98 Å². The summed E-state index contributed by atoms with van der Waals surface area (Å²) in [4.78, 5) is 3.80. The molecule has 2 aromatic heterocycles. The zero-order chi connectivity index (χ0) is 23.6. The van der Waals surface area contributed by atoms with E-state index in [0.717, 1.165) is 35.8 Å². The third kappa shape index (κ3) is 14.6. The van der Waals surface area contributed by atoms with E-state index in [9.17, 15) is 0 Å². The first-order valence-corrected chi connectivity index (χ1v) is 12.1. The van der Waals surface area contributed by atoms with Gasteiger partial charge in [0.05, 0.1) is 13.2 Å². The van der Waals surface area contributed by atoms with Crippen molar-refractivity contribution >= 4 is 32.9 Å². The first kappa shape index (κ1) is 32.6. The number of alkyl halides is 1. The van der Waals surface area contributed by atoms with Gasteiger partial charge in [0.25, 0.3) is 0 Å². The van der Waals surface area contributed by atoms with Crippen molar-refractivity contribution in [1.82, 2.24) is 4.98 Å². The van der Waals surface area contributed by atoms with Gasteiger partial charge in [-0.15, -0.1) is 17.0 Å². The molecule has 188 valence electrons. The molecule has 2 heterocycles. The van der Waals surface area contributed by atoms with Crippen LogP contribution in [0.5, 0.6) is 0 Å². The molecule has 0 aliphatic rings. The lowest BCUT2D eigenvalue weighted by Crippen LogP contribution is -2.34. The molecule has 0 saturated heterocycles. The Kier molecular flexibility index (Phi) is 19.5. The molecule has 4 aromatic rings. The van der Waals surface area contributed by atoms with E-state index in [-0.39, 0.29) is 37.6 Å². The third-order valence-corrected chi connectivity index (χ3v) is 5.13. The predicted molar refractivity (Wildman–Crippen MR) is 154 cm³/mol. The molecule has 6 heteroatoms. The Hall–Kier alpha value is -2.38. The van der Waals surface area contributed by atoms with Crippen LogP contribution >= 0.6 is 32.9 Å². The van der Waals surface area contributed by atoms with Gasteiger partial charge in [0.1, 0.15) is 0 Å². The maximum Gasteiger partial charge on any atom is 0.174 e. The van der Waals surface area contributed by atoms with Crippen LogP contribution in [0, 0.1) is 0 Å². The molecule has 0 aliphatic heterocycles. The second-order valence-corrected chi connectivity index (χ2v) is 8.08. The number of halogens is 2. The molecule has 35 heavy (non-hydrogen) atoms. The Morgan fingerprint density at radius 2 is 1.23 bits per heavy atom. The summed E-state index contributed by atoms with van der Waals surface area (Å²) in [6.45, 7) is 1.12. The SMILES string of the molecule is Br.BrCCc1ccccc1.C.OCc1ccc[n+](CCc2ccccc2)c1.OCc1cccnc1. The number of aliphatic hydroxyl groups excluding tert-OH is 2. The van der Waals surface area contributed by atoms with E-state index < -0.39 is 0 Å². The van der Waals surface area contributed by atoms with E-state index in [0.29, 0.717) is 0 Å². The molecule has 0 atom stereocenters. The van der Waals surface area contributed by atoms with Crippen LogP contribution < -0.4 is 4.57 Å². The molecule has 2 N–H and O–H groups in total. The highest BCUT2D eigenvalue weighted by Crippen LogP contribution is 2.01. The van der Waals surface area contributed by atoms with Crippen molar-refractivity contribution in [1.29, 1.82) is 0 Å². The van der Waals surface area contributed by atoms with Crippen LogP contribution in [0.4, 0.5) is 0 Å². The van der Waals surface area contributed by atoms with E-state index in [2.05, 4.69) is 74.0 Å². The zero-order valence-corrected chi connectivity index (χ0v) is 22.5. The maximum atomic E-state index is 9.03. The van der Waals surface area contributed by atoms with Crippen LogP contribution in [0.25, 0.3) is 0 Å². The Bertz CT molecular complexity index is 1000. The van der Waals surface area contributed by atoms with Gasteiger partial charge in [-0.25, -0.2) is 4.57 Å². The molecule has 0 bridgehead atoms. The molecule has 0 spiro atoms. The van der Waals surface area contributed by atoms with Crippen molar-refractivity contribution in [2.75, 3.05) is 5.33 Å². The summed E-state index contributed by atoms with van der Waals surface area (Å²) in [6, 6.07) is 28.4. The Labute approximate surface area is 229 Å². The fourth-order valence-corrected chi connectivity index (χ4v) is 3.42. The van der Waals surface area contributed by atoms with E-state index in [1.54, 1.807) is 18.5 Å². The van der Waals surface area contributed by atoms with Gasteiger partial charge in [-0.1, -0.05) is 90.1 Å². The summed E-state index contributed by atoms with van der Waals surface area (Å²) in [7, 11) is 0. The lowest BCUT2D eigenvalue weighted by Gasteiger charge is -1.99. The minimum atomic E-state index is 0. The molecule has 0 fully saturated rings. The summed E-state index contributed by atoms with van der Waals surface area (Å²) < 4.78 is 2.11. The summed E-state index contributed by atoms with van der Waals surface area (Å²) in [5.41, 5.74) is 4.54. The van der Waals surface area contributed by atoms with Gasteiger partial charge in [0.15, 0.2) is 18.9 Å². The molecule has 4 rings (SSSR count). The summed E-state index contributed by atoms with van der Waals surface area (Å²) >= 11 is 3.39. The lowest BCUT2D eigenvalue weighted by atomic mass is 10.1. The Balaban J connectivity index is 0.000000523. The van der Waals surface area contributed by atoms with Gasteiger partial charge in [-0.2, -0.15) is 0 Å². The number of benzene rings is 2. The maximum absolute atomic E-state index is 9.03. The topological polar surface area (TPSA) is 57.2 Å². The summed E-state index contributed by atoms with van der Waals surface area (Å²) in [6.07, 6.45) is 9.48. The van der Waals surface area contributed by atoms with Crippen LogP contribution in [0.3, 0.4) is 0 Å². The van der Waals surface area contributed by atoms with Crippen LogP contribution in [0.1, 0.15) is 29.7 Å². The quantitative estimate of drug-likeness (QED) is 0.197. The van der Waals surface area contributed by atoms with Crippen LogP contribution in [0.15, 0.2) is 110 Å². The number of hydrogen-bond donors (Lipinski definition) is 2. The highest BCUT2D eigenvalue weighted by atomic mass is 79.9. The van der Waals surface area contributed by atoms with Crippen LogP contribution in [0.2, 0.25) is 0 Å². The minimum absolute atomic E-state index is 0. The van der Waals surface area contributed by atoms with Gasteiger partial charge in [0.2, 0.25) is 0 Å². The van der Waals surface area contributed by atoms with Crippen molar-refractivity contribution in [3.05, 3.63) is 132 Å². The molecule has 0 aliphatic carbocycles. The lowest BCUT2D eigenvalue weighted by molar-refractivity contribution is -0.697. The van der Waals surface area contributed by atoms with E-state index in [1.807, 2.05) is 42.7 Å². The van der Waals surface area contributed by atoms with Crippen molar-refractivity contribution < 1.29 is 14.8 Å².